The molecule has 1 aliphatic rings. The minimum atomic E-state index is -0.0152. The molecule has 0 aromatic heterocycles. The van der Waals surface area contributed by atoms with Crippen molar-refractivity contribution in [3.63, 3.8) is 0 Å². The predicted molar refractivity (Wildman–Crippen MR) is 82.6 cm³/mol. The summed E-state index contributed by atoms with van der Waals surface area (Å²) < 4.78 is 0. The van der Waals surface area contributed by atoms with Gasteiger partial charge in [0.2, 0.25) is 0 Å². The summed E-state index contributed by atoms with van der Waals surface area (Å²) >= 11 is 5.88. The number of carbonyl (C=O) groups excluding carboxylic acids is 1. The third kappa shape index (κ3) is 2.10. The molecule has 0 aliphatic carbocycles. The van der Waals surface area contributed by atoms with E-state index in [-0.39, 0.29) is 11.3 Å². The number of anilines is 1. The molecule has 102 valence electrons. The van der Waals surface area contributed by atoms with E-state index >= 15 is 0 Å². The molecule has 1 amide bonds. The van der Waals surface area contributed by atoms with Crippen LogP contribution in [0.4, 0.5) is 5.69 Å². The fourth-order valence-corrected chi connectivity index (χ4v) is 2.90. The summed E-state index contributed by atoms with van der Waals surface area (Å²) in [4.78, 5) is 14.6. The van der Waals surface area contributed by atoms with Crippen LogP contribution >= 0.6 is 11.6 Å². The highest BCUT2D eigenvalue weighted by Gasteiger charge is 2.37. The van der Waals surface area contributed by atoms with Gasteiger partial charge in [0.15, 0.2) is 0 Å². The molecule has 1 heterocycles. The van der Waals surface area contributed by atoms with E-state index in [0.717, 1.165) is 5.69 Å². The summed E-state index contributed by atoms with van der Waals surface area (Å²) in [6, 6.07) is 15.2. The Balaban J connectivity index is 2.00. The van der Waals surface area contributed by atoms with Crippen molar-refractivity contribution in [2.75, 3.05) is 11.4 Å². The van der Waals surface area contributed by atoms with Crippen LogP contribution in [0.1, 0.15) is 29.8 Å². The number of amides is 1. The molecule has 0 spiro atoms. The van der Waals surface area contributed by atoms with Crippen LogP contribution < -0.4 is 4.90 Å². The van der Waals surface area contributed by atoms with Gasteiger partial charge in [0, 0.05) is 28.2 Å². The Bertz CT molecular complexity index is 661. The van der Waals surface area contributed by atoms with Crippen LogP contribution in [-0.4, -0.2) is 12.5 Å². The molecule has 0 atom stereocenters. The van der Waals surface area contributed by atoms with Gasteiger partial charge in [-0.1, -0.05) is 43.6 Å². The number of hydrogen-bond donors (Lipinski definition) is 0. The maximum atomic E-state index is 12.7. The summed E-state index contributed by atoms with van der Waals surface area (Å²) in [7, 11) is 0. The molecule has 20 heavy (non-hydrogen) atoms. The van der Waals surface area contributed by atoms with Gasteiger partial charge in [-0.25, -0.2) is 0 Å². The first-order valence-electron chi connectivity index (χ1n) is 6.66. The lowest BCUT2D eigenvalue weighted by molar-refractivity contribution is 0.0986. The molecule has 2 nitrogen and oxygen atoms in total. The van der Waals surface area contributed by atoms with Crippen molar-refractivity contribution < 1.29 is 4.79 Å². The molecule has 0 bridgehead atoms. The van der Waals surface area contributed by atoms with E-state index in [1.54, 1.807) is 24.3 Å². The van der Waals surface area contributed by atoms with Crippen LogP contribution in [0.5, 0.6) is 0 Å². The van der Waals surface area contributed by atoms with Crippen molar-refractivity contribution in [3.05, 3.63) is 64.7 Å². The van der Waals surface area contributed by atoms with E-state index in [1.807, 2.05) is 23.1 Å². The lowest BCUT2D eigenvalue weighted by Gasteiger charge is -2.21. The van der Waals surface area contributed by atoms with E-state index in [0.29, 0.717) is 17.1 Å². The average Bonchev–Trinajstić information content (AvgIpc) is 2.72. The monoisotopic (exact) mass is 285 g/mol. The zero-order valence-corrected chi connectivity index (χ0v) is 12.3. The topological polar surface area (TPSA) is 20.3 Å². The van der Waals surface area contributed by atoms with Crippen LogP contribution in [0.15, 0.2) is 48.5 Å². The minimum Gasteiger partial charge on any atom is -0.307 e. The van der Waals surface area contributed by atoms with Crippen molar-refractivity contribution in [3.8, 4) is 0 Å². The molecule has 0 N–H and O–H groups in total. The SMILES string of the molecule is CC1(C)CN(C(=O)c2ccc(Cl)cc2)c2ccccc21. The number of carbonyl (C=O) groups is 1. The number of benzene rings is 2. The molecule has 0 saturated carbocycles. The van der Waals surface area contributed by atoms with Crippen LogP contribution in [0.25, 0.3) is 0 Å². The maximum Gasteiger partial charge on any atom is 0.258 e. The molecule has 3 rings (SSSR count). The average molecular weight is 286 g/mol. The van der Waals surface area contributed by atoms with Crippen LogP contribution in [-0.2, 0) is 5.41 Å². The molecular weight excluding hydrogens is 270 g/mol. The van der Waals surface area contributed by atoms with Crippen LogP contribution in [0.3, 0.4) is 0 Å². The largest absolute Gasteiger partial charge is 0.307 e. The van der Waals surface area contributed by atoms with Crippen molar-refractivity contribution in [1.29, 1.82) is 0 Å². The summed E-state index contributed by atoms with van der Waals surface area (Å²) in [5.41, 5.74) is 2.89. The molecule has 0 saturated heterocycles. The Morgan fingerprint density at radius 1 is 1.10 bits per heavy atom. The second-order valence-electron chi connectivity index (χ2n) is 5.80. The number of halogens is 1. The quantitative estimate of drug-likeness (QED) is 0.766. The standard InChI is InChI=1S/C17H16ClNO/c1-17(2)11-19(15-6-4-3-5-14(15)17)16(20)12-7-9-13(18)10-8-12/h3-10H,11H2,1-2H3. The first-order valence-corrected chi connectivity index (χ1v) is 7.04. The van der Waals surface area contributed by atoms with Gasteiger partial charge in [-0.3, -0.25) is 4.79 Å². The Hall–Kier alpha value is -1.80. The van der Waals surface area contributed by atoms with Crippen molar-refractivity contribution in [1.82, 2.24) is 0 Å². The Morgan fingerprint density at radius 3 is 2.45 bits per heavy atom. The van der Waals surface area contributed by atoms with Crippen molar-refractivity contribution >= 4 is 23.2 Å². The lowest BCUT2D eigenvalue weighted by atomic mass is 9.87. The van der Waals surface area contributed by atoms with E-state index < -0.39 is 0 Å². The fourth-order valence-electron chi connectivity index (χ4n) is 2.78. The zero-order chi connectivity index (χ0) is 14.3. The van der Waals surface area contributed by atoms with Gasteiger partial charge in [-0.15, -0.1) is 0 Å². The lowest BCUT2D eigenvalue weighted by Crippen LogP contribution is -2.33. The third-order valence-electron chi connectivity index (χ3n) is 3.81. The molecule has 3 heteroatoms. The van der Waals surface area contributed by atoms with Crippen molar-refractivity contribution in [2.24, 2.45) is 0 Å². The summed E-state index contributed by atoms with van der Waals surface area (Å²) in [6.45, 7) is 5.04. The number of fused-ring (bicyclic) bond motifs is 1. The smallest absolute Gasteiger partial charge is 0.258 e. The van der Waals surface area contributed by atoms with Crippen LogP contribution in [0, 0.1) is 0 Å². The van der Waals surface area contributed by atoms with Gasteiger partial charge < -0.3 is 4.90 Å². The van der Waals surface area contributed by atoms with Gasteiger partial charge in [0.25, 0.3) is 5.91 Å². The molecule has 2 aromatic carbocycles. The Labute approximate surface area is 124 Å². The first-order chi connectivity index (χ1) is 9.49. The summed E-state index contributed by atoms with van der Waals surface area (Å²) in [5.74, 6) is 0.0275. The van der Waals surface area contributed by atoms with E-state index in [9.17, 15) is 4.79 Å². The maximum absolute atomic E-state index is 12.7. The highest BCUT2D eigenvalue weighted by Crippen LogP contribution is 2.40. The molecule has 1 aliphatic heterocycles. The van der Waals surface area contributed by atoms with Gasteiger partial charge >= 0.3 is 0 Å². The van der Waals surface area contributed by atoms with E-state index in [4.69, 9.17) is 11.6 Å². The van der Waals surface area contributed by atoms with Gasteiger partial charge in [-0.2, -0.15) is 0 Å². The number of para-hydroxylation sites is 1. The number of hydrogen-bond acceptors (Lipinski definition) is 1. The van der Waals surface area contributed by atoms with Crippen LogP contribution in [0.2, 0.25) is 5.02 Å². The zero-order valence-electron chi connectivity index (χ0n) is 11.6. The highest BCUT2D eigenvalue weighted by molar-refractivity contribution is 6.30. The second kappa shape index (κ2) is 4.64. The molecule has 0 fully saturated rings. The second-order valence-corrected chi connectivity index (χ2v) is 6.24. The normalized spacial score (nSPS) is 16.1. The van der Waals surface area contributed by atoms with E-state index in [1.165, 1.54) is 5.56 Å². The van der Waals surface area contributed by atoms with E-state index in [2.05, 4.69) is 19.9 Å². The Morgan fingerprint density at radius 2 is 1.75 bits per heavy atom. The number of rotatable bonds is 1. The summed E-state index contributed by atoms with van der Waals surface area (Å²) in [5, 5.41) is 0.642. The predicted octanol–water partition coefficient (Wildman–Crippen LogP) is 4.28. The summed E-state index contributed by atoms with van der Waals surface area (Å²) in [6.07, 6.45) is 0. The fraction of sp³-hybridized carbons (Fsp3) is 0.235. The molecule has 0 radical (unpaired) electrons. The minimum absolute atomic E-state index is 0.0152. The van der Waals surface area contributed by atoms with Gasteiger partial charge in [0.1, 0.15) is 0 Å². The number of nitrogens with zero attached hydrogens (tertiary/aromatic N) is 1. The first kappa shape index (κ1) is 13.2. The molecular formula is C17H16ClNO. The molecule has 0 unspecified atom stereocenters. The van der Waals surface area contributed by atoms with Gasteiger partial charge in [0.05, 0.1) is 0 Å². The highest BCUT2D eigenvalue weighted by atomic mass is 35.5. The Kier molecular flexibility index (Phi) is 3.06. The van der Waals surface area contributed by atoms with Crippen molar-refractivity contribution in [2.45, 2.75) is 19.3 Å². The molecule has 2 aromatic rings. The third-order valence-corrected chi connectivity index (χ3v) is 4.07. The van der Waals surface area contributed by atoms with Gasteiger partial charge in [-0.05, 0) is 35.9 Å².